The van der Waals surface area contributed by atoms with Crippen LogP contribution in [-0.4, -0.2) is 20.2 Å². The zero-order valence-corrected chi connectivity index (χ0v) is 24.5. The molecule has 0 saturated heterocycles. The third-order valence-electron chi connectivity index (χ3n) is 6.17. The molecule has 2 heterocycles. The van der Waals surface area contributed by atoms with E-state index in [2.05, 4.69) is 73.4 Å². The number of pyridine rings is 2. The van der Waals surface area contributed by atoms with Gasteiger partial charge in [0, 0.05) is 11.1 Å². The Morgan fingerprint density at radius 3 is 1.22 bits per heavy atom. The third kappa shape index (κ3) is 5.35. The Morgan fingerprint density at radius 1 is 0.556 bits per heavy atom. The molecule has 4 aromatic rings. The molecule has 0 atom stereocenters. The zero-order chi connectivity index (χ0) is 26.4. The highest BCUT2D eigenvalue weighted by molar-refractivity contribution is 9.11. The number of aromatic hydroxyl groups is 2. The van der Waals surface area contributed by atoms with Crippen molar-refractivity contribution in [2.75, 3.05) is 0 Å². The highest BCUT2D eigenvalue weighted by Gasteiger charge is 2.21. The molecule has 0 saturated carbocycles. The standard InChI is InChI=1S/C30H30Br2N2O2/c1-29(2,3)17-13-19(27(35)21(31)15-17)23-9-7-11-25(33-23)26-12-8-10-24(34-26)20-14-18(30(4,5)6)16-22(32)28(20)36/h7-16,35-36H,1-6H3. The Balaban J connectivity index is 1.82. The van der Waals surface area contributed by atoms with Gasteiger partial charge in [0.25, 0.3) is 0 Å². The number of phenolic OH excluding ortho intramolecular Hbond substituents is 2. The molecule has 4 rings (SSSR count). The quantitative estimate of drug-likeness (QED) is 0.243. The second-order valence-electron chi connectivity index (χ2n) is 11.0. The number of benzene rings is 2. The van der Waals surface area contributed by atoms with Gasteiger partial charge in [0.1, 0.15) is 11.5 Å². The van der Waals surface area contributed by atoms with Crippen molar-refractivity contribution in [1.29, 1.82) is 0 Å². The molecule has 2 aromatic heterocycles. The summed E-state index contributed by atoms with van der Waals surface area (Å²) in [7, 11) is 0. The molecule has 36 heavy (non-hydrogen) atoms. The highest BCUT2D eigenvalue weighted by atomic mass is 79.9. The van der Waals surface area contributed by atoms with Crippen molar-refractivity contribution in [3.63, 3.8) is 0 Å². The Kier molecular flexibility index (Phi) is 7.06. The van der Waals surface area contributed by atoms with E-state index in [1.807, 2.05) is 60.7 Å². The van der Waals surface area contributed by atoms with Crippen molar-refractivity contribution < 1.29 is 10.2 Å². The number of nitrogens with zero attached hydrogens (tertiary/aromatic N) is 2. The molecule has 0 fully saturated rings. The van der Waals surface area contributed by atoms with Gasteiger partial charge in [0.15, 0.2) is 0 Å². The predicted molar refractivity (Wildman–Crippen MR) is 154 cm³/mol. The first-order chi connectivity index (χ1) is 16.8. The van der Waals surface area contributed by atoms with E-state index in [-0.39, 0.29) is 22.3 Å². The lowest BCUT2D eigenvalue weighted by atomic mass is 9.85. The first-order valence-electron chi connectivity index (χ1n) is 11.8. The number of aromatic nitrogens is 2. The Labute approximate surface area is 229 Å². The average molecular weight is 610 g/mol. The SMILES string of the molecule is CC(C)(C)c1cc(Br)c(O)c(-c2cccc(-c3cccc(-c4cc(C(C)(C)C)cc(Br)c4O)n3)n2)c1. The third-order valence-corrected chi connectivity index (χ3v) is 7.38. The number of rotatable bonds is 3. The van der Waals surface area contributed by atoms with Crippen molar-refractivity contribution in [3.8, 4) is 45.4 Å². The van der Waals surface area contributed by atoms with Crippen molar-refractivity contribution in [1.82, 2.24) is 9.97 Å². The minimum atomic E-state index is -0.0870. The fraction of sp³-hybridized carbons (Fsp3) is 0.267. The molecule has 6 heteroatoms. The molecule has 0 aliphatic carbocycles. The molecule has 0 amide bonds. The second kappa shape index (κ2) is 9.64. The minimum Gasteiger partial charge on any atom is -0.506 e. The summed E-state index contributed by atoms with van der Waals surface area (Å²) in [6, 6.07) is 19.3. The molecule has 2 N–H and O–H groups in total. The van der Waals surface area contributed by atoms with Crippen molar-refractivity contribution in [3.05, 3.63) is 80.7 Å². The van der Waals surface area contributed by atoms with Crippen LogP contribution in [0, 0.1) is 0 Å². The van der Waals surface area contributed by atoms with E-state index in [0.29, 0.717) is 42.8 Å². The van der Waals surface area contributed by atoms with Gasteiger partial charge in [-0.1, -0.05) is 53.7 Å². The van der Waals surface area contributed by atoms with Gasteiger partial charge in [-0.15, -0.1) is 0 Å². The molecular weight excluding hydrogens is 580 g/mol. The molecule has 0 radical (unpaired) electrons. The molecule has 2 aromatic carbocycles. The molecule has 0 bridgehead atoms. The molecule has 0 aliphatic rings. The Hall–Kier alpha value is -2.70. The second-order valence-corrected chi connectivity index (χ2v) is 12.7. The lowest BCUT2D eigenvalue weighted by Crippen LogP contribution is -2.11. The fourth-order valence-electron chi connectivity index (χ4n) is 3.91. The maximum atomic E-state index is 10.8. The van der Waals surface area contributed by atoms with E-state index in [1.165, 1.54) is 0 Å². The van der Waals surface area contributed by atoms with Gasteiger partial charge in [-0.05, 0) is 102 Å². The number of hydrogen-bond donors (Lipinski definition) is 2. The summed E-state index contributed by atoms with van der Waals surface area (Å²) in [6.07, 6.45) is 0. The summed E-state index contributed by atoms with van der Waals surface area (Å²) in [4.78, 5) is 9.71. The van der Waals surface area contributed by atoms with Crippen molar-refractivity contribution >= 4 is 31.9 Å². The summed E-state index contributed by atoms with van der Waals surface area (Å²) in [6.45, 7) is 12.8. The predicted octanol–water partition coefficient (Wildman–Crippen LogP) is 9.01. The van der Waals surface area contributed by atoms with Crippen LogP contribution in [-0.2, 0) is 10.8 Å². The zero-order valence-electron chi connectivity index (χ0n) is 21.3. The summed E-state index contributed by atoms with van der Waals surface area (Å²) < 4.78 is 1.27. The van der Waals surface area contributed by atoms with Crippen LogP contribution in [0.25, 0.3) is 33.9 Å². The van der Waals surface area contributed by atoms with Crippen LogP contribution in [0.1, 0.15) is 52.7 Å². The van der Waals surface area contributed by atoms with Gasteiger partial charge in [-0.2, -0.15) is 0 Å². The van der Waals surface area contributed by atoms with E-state index < -0.39 is 0 Å². The van der Waals surface area contributed by atoms with Gasteiger partial charge in [-0.25, -0.2) is 9.97 Å². The molecule has 0 unspecified atom stereocenters. The average Bonchev–Trinajstić information content (AvgIpc) is 2.81. The Bertz CT molecular complexity index is 1340. The van der Waals surface area contributed by atoms with E-state index in [4.69, 9.17) is 9.97 Å². The smallest absolute Gasteiger partial charge is 0.139 e. The van der Waals surface area contributed by atoms with Crippen LogP contribution >= 0.6 is 31.9 Å². The molecular formula is C30H30Br2N2O2. The van der Waals surface area contributed by atoms with Crippen LogP contribution in [0.4, 0.5) is 0 Å². The number of hydrogen-bond acceptors (Lipinski definition) is 4. The highest BCUT2D eigenvalue weighted by Crippen LogP contribution is 2.41. The normalized spacial score (nSPS) is 12.1. The monoisotopic (exact) mass is 608 g/mol. The molecule has 186 valence electrons. The van der Waals surface area contributed by atoms with Gasteiger partial charge in [0.2, 0.25) is 0 Å². The maximum absolute atomic E-state index is 10.8. The van der Waals surface area contributed by atoms with E-state index in [9.17, 15) is 10.2 Å². The minimum absolute atomic E-state index is 0.0870. The van der Waals surface area contributed by atoms with Crippen molar-refractivity contribution in [2.24, 2.45) is 0 Å². The lowest BCUT2D eigenvalue weighted by molar-refractivity contribution is 0.472. The van der Waals surface area contributed by atoms with Crippen LogP contribution in [0.5, 0.6) is 11.5 Å². The molecule has 0 aliphatic heterocycles. The van der Waals surface area contributed by atoms with Crippen LogP contribution in [0.3, 0.4) is 0 Å². The van der Waals surface area contributed by atoms with Gasteiger partial charge >= 0.3 is 0 Å². The number of phenols is 2. The van der Waals surface area contributed by atoms with Crippen LogP contribution < -0.4 is 0 Å². The first-order valence-corrected chi connectivity index (χ1v) is 13.4. The van der Waals surface area contributed by atoms with E-state index in [0.717, 1.165) is 11.1 Å². The maximum Gasteiger partial charge on any atom is 0.139 e. The van der Waals surface area contributed by atoms with Gasteiger partial charge in [0.05, 0.1) is 31.7 Å². The summed E-state index contributed by atoms with van der Waals surface area (Å²) in [5, 5.41) is 21.6. The summed E-state index contributed by atoms with van der Waals surface area (Å²) in [5.41, 5.74) is 6.00. The van der Waals surface area contributed by atoms with Crippen LogP contribution in [0.2, 0.25) is 0 Å². The molecule has 0 spiro atoms. The van der Waals surface area contributed by atoms with E-state index in [1.54, 1.807) is 0 Å². The summed E-state index contributed by atoms with van der Waals surface area (Å²) >= 11 is 7.00. The summed E-state index contributed by atoms with van der Waals surface area (Å²) in [5.74, 6) is 0.311. The van der Waals surface area contributed by atoms with E-state index >= 15 is 0 Å². The fourth-order valence-corrected chi connectivity index (χ4v) is 4.83. The topological polar surface area (TPSA) is 66.2 Å². The lowest BCUT2D eigenvalue weighted by Gasteiger charge is -2.21. The number of halogens is 2. The van der Waals surface area contributed by atoms with Crippen molar-refractivity contribution in [2.45, 2.75) is 52.4 Å². The first kappa shape index (κ1) is 26.4. The largest absolute Gasteiger partial charge is 0.506 e. The van der Waals surface area contributed by atoms with Gasteiger partial charge < -0.3 is 10.2 Å². The molecule has 4 nitrogen and oxygen atoms in total. The van der Waals surface area contributed by atoms with Crippen LogP contribution in [0.15, 0.2) is 69.6 Å². The Morgan fingerprint density at radius 2 is 0.889 bits per heavy atom. The van der Waals surface area contributed by atoms with Gasteiger partial charge in [-0.3, -0.25) is 0 Å².